The highest BCUT2D eigenvalue weighted by Crippen LogP contribution is 2.28. The molecule has 78 valence electrons. The van der Waals surface area contributed by atoms with Crippen LogP contribution in [0.2, 0.25) is 0 Å². The standard InChI is InChI=1S/C10H21NO2/c11-5-7-13-9-8-12-6-4-10-2-1-3-10/h10H,1-9,11H2. The molecule has 0 radical (unpaired) electrons. The third-order valence-electron chi connectivity index (χ3n) is 2.53. The van der Waals surface area contributed by atoms with E-state index in [4.69, 9.17) is 15.2 Å². The lowest BCUT2D eigenvalue weighted by Gasteiger charge is -2.24. The number of hydrogen-bond acceptors (Lipinski definition) is 3. The largest absolute Gasteiger partial charge is 0.379 e. The van der Waals surface area contributed by atoms with Crippen molar-refractivity contribution in [3.8, 4) is 0 Å². The molecule has 0 aromatic heterocycles. The lowest BCUT2D eigenvalue weighted by atomic mass is 9.83. The van der Waals surface area contributed by atoms with Gasteiger partial charge in [0, 0.05) is 13.2 Å². The molecule has 0 aromatic carbocycles. The van der Waals surface area contributed by atoms with Gasteiger partial charge in [0.2, 0.25) is 0 Å². The van der Waals surface area contributed by atoms with E-state index >= 15 is 0 Å². The van der Waals surface area contributed by atoms with Crippen LogP contribution in [0.4, 0.5) is 0 Å². The van der Waals surface area contributed by atoms with Crippen LogP contribution >= 0.6 is 0 Å². The summed E-state index contributed by atoms with van der Waals surface area (Å²) in [6.07, 6.45) is 5.47. The third-order valence-corrected chi connectivity index (χ3v) is 2.53. The van der Waals surface area contributed by atoms with E-state index in [1.54, 1.807) is 0 Å². The lowest BCUT2D eigenvalue weighted by molar-refractivity contribution is 0.0415. The molecule has 0 aliphatic heterocycles. The molecule has 0 bridgehead atoms. The molecule has 13 heavy (non-hydrogen) atoms. The summed E-state index contributed by atoms with van der Waals surface area (Å²) in [5.41, 5.74) is 5.27. The van der Waals surface area contributed by atoms with Gasteiger partial charge in [0.05, 0.1) is 19.8 Å². The van der Waals surface area contributed by atoms with Crippen LogP contribution in [-0.2, 0) is 9.47 Å². The number of rotatable bonds is 8. The van der Waals surface area contributed by atoms with Crippen LogP contribution < -0.4 is 5.73 Å². The van der Waals surface area contributed by atoms with Crippen LogP contribution in [0.25, 0.3) is 0 Å². The molecule has 3 nitrogen and oxygen atoms in total. The van der Waals surface area contributed by atoms with E-state index in [0.717, 1.165) is 12.5 Å². The zero-order valence-corrected chi connectivity index (χ0v) is 8.34. The summed E-state index contributed by atoms with van der Waals surface area (Å²) < 4.78 is 10.6. The molecule has 1 aliphatic rings. The highest BCUT2D eigenvalue weighted by atomic mass is 16.5. The van der Waals surface area contributed by atoms with E-state index < -0.39 is 0 Å². The maximum Gasteiger partial charge on any atom is 0.0701 e. The molecular weight excluding hydrogens is 166 g/mol. The summed E-state index contributed by atoms with van der Waals surface area (Å²) in [5, 5.41) is 0. The molecule has 1 aliphatic carbocycles. The Labute approximate surface area is 80.6 Å². The predicted molar refractivity (Wildman–Crippen MR) is 52.7 cm³/mol. The molecule has 0 heterocycles. The maximum atomic E-state index is 5.42. The molecular formula is C10H21NO2. The second-order valence-corrected chi connectivity index (χ2v) is 3.60. The van der Waals surface area contributed by atoms with Gasteiger partial charge in [0.15, 0.2) is 0 Å². The van der Waals surface area contributed by atoms with Crippen molar-refractivity contribution in [3.05, 3.63) is 0 Å². The van der Waals surface area contributed by atoms with Crippen LogP contribution in [0.1, 0.15) is 25.7 Å². The van der Waals surface area contributed by atoms with Crippen molar-refractivity contribution in [2.45, 2.75) is 25.7 Å². The van der Waals surface area contributed by atoms with E-state index in [0.29, 0.717) is 26.4 Å². The Morgan fingerprint density at radius 2 is 1.69 bits per heavy atom. The second-order valence-electron chi connectivity index (χ2n) is 3.60. The number of hydrogen-bond donors (Lipinski definition) is 1. The average molecular weight is 187 g/mol. The van der Waals surface area contributed by atoms with Crippen molar-refractivity contribution < 1.29 is 9.47 Å². The highest BCUT2D eigenvalue weighted by molar-refractivity contribution is 4.68. The van der Waals surface area contributed by atoms with Crippen LogP contribution in [0.3, 0.4) is 0 Å². The summed E-state index contributed by atoms with van der Waals surface area (Å²) in [6.45, 7) is 3.54. The van der Waals surface area contributed by atoms with Crippen molar-refractivity contribution in [1.82, 2.24) is 0 Å². The van der Waals surface area contributed by atoms with E-state index in [1.807, 2.05) is 0 Å². The molecule has 0 atom stereocenters. The first kappa shape index (κ1) is 11.0. The first-order valence-corrected chi connectivity index (χ1v) is 5.29. The summed E-state index contributed by atoms with van der Waals surface area (Å²) in [4.78, 5) is 0. The fourth-order valence-electron chi connectivity index (χ4n) is 1.44. The van der Waals surface area contributed by atoms with Crippen LogP contribution in [0, 0.1) is 5.92 Å². The molecule has 0 unspecified atom stereocenters. The van der Waals surface area contributed by atoms with E-state index in [2.05, 4.69) is 0 Å². The van der Waals surface area contributed by atoms with Crippen molar-refractivity contribution >= 4 is 0 Å². The minimum absolute atomic E-state index is 0.599. The minimum Gasteiger partial charge on any atom is -0.379 e. The predicted octanol–water partition coefficient (Wildman–Crippen LogP) is 1.17. The van der Waals surface area contributed by atoms with Crippen LogP contribution in [-0.4, -0.2) is 33.0 Å². The fourth-order valence-corrected chi connectivity index (χ4v) is 1.44. The average Bonchev–Trinajstić information content (AvgIpc) is 2.07. The molecule has 1 saturated carbocycles. The third kappa shape index (κ3) is 5.24. The number of ether oxygens (including phenoxy) is 2. The first-order valence-electron chi connectivity index (χ1n) is 5.29. The minimum atomic E-state index is 0.599. The molecule has 3 heteroatoms. The van der Waals surface area contributed by atoms with Gasteiger partial charge in [-0.1, -0.05) is 19.3 Å². The Bertz CT molecular complexity index is 115. The van der Waals surface area contributed by atoms with Gasteiger partial charge in [0.25, 0.3) is 0 Å². The normalized spacial score (nSPS) is 17.3. The van der Waals surface area contributed by atoms with Crippen LogP contribution in [0.5, 0.6) is 0 Å². The van der Waals surface area contributed by atoms with Gasteiger partial charge < -0.3 is 15.2 Å². The molecule has 1 rings (SSSR count). The Morgan fingerprint density at radius 1 is 1.00 bits per heavy atom. The lowest BCUT2D eigenvalue weighted by Crippen LogP contribution is -2.15. The monoisotopic (exact) mass is 187 g/mol. The topological polar surface area (TPSA) is 44.5 Å². The molecule has 2 N–H and O–H groups in total. The molecule has 0 spiro atoms. The quantitative estimate of drug-likeness (QED) is 0.580. The second kappa shape index (κ2) is 7.30. The molecule has 0 amide bonds. The Hall–Kier alpha value is -0.120. The van der Waals surface area contributed by atoms with Gasteiger partial charge in [-0.25, -0.2) is 0 Å². The van der Waals surface area contributed by atoms with E-state index in [9.17, 15) is 0 Å². The zero-order chi connectivity index (χ0) is 9.36. The van der Waals surface area contributed by atoms with Gasteiger partial charge in [-0.15, -0.1) is 0 Å². The maximum absolute atomic E-state index is 5.42. The summed E-state index contributed by atoms with van der Waals surface area (Å²) >= 11 is 0. The number of nitrogens with two attached hydrogens (primary N) is 1. The van der Waals surface area contributed by atoms with E-state index in [1.165, 1.54) is 25.7 Å². The first-order chi connectivity index (χ1) is 6.43. The van der Waals surface area contributed by atoms with Gasteiger partial charge in [0.1, 0.15) is 0 Å². The Balaban J connectivity index is 1.68. The SMILES string of the molecule is NCCOCCOCCC1CCC1. The Kier molecular flexibility index (Phi) is 6.15. The van der Waals surface area contributed by atoms with Crippen molar-refractivity contribution in [2.24, 2.45) is 11.7 Å². The van der Waals surface area contributed by atoms with Crippen LogP contribution in [0.15, 0.2) is 0 Å². The smallest absolute Gasteiger partial charge is 0.0701 e. The van der Waals surface area contributed by atoms with Gasteiger partial charge in [-0.3, -0.25) is 0 Å². The fraction of sp³-hybridized carbons (Fsp3) is 1.00. The molecule has 0 aromatic rings. The zero-order valence-electron chi connectivity index (χ0n) is 8.34. The van der Waals surface area contributed by atoms with Gasteiger partial charge in [-0.2, -0.15) is 0 Å². The molecule has 0 saturated heterocycles. The summed E-state index contributed by atoms with van der Waals surface area (Å²) in [6, 6.07) is 0. The summed E-state index contributed by atoms with van der Waals surface area (Å²) in [5.74, 6) is 0.949. The van der Waals surface area contributed by atoms with Crippen molar-refractivity contribution in [2.75, 3.05) is 33.0 Å². The highest BCUT2D eigenvalue weighted by Gasteiger charge is 2.16. The Morgan fingerprint density at radius 3 is 2.23 bits per heavy atom. The van der Waals surface area contributed by atoms with Crippen molar-refractivity contribution in [1.29, 1.82) is 0 Å². The molecule has 1 fully saturated rings. The van der Waals surface area contributed by atoms with Gasteiger partial charge >= 0.3 is 0 Å². The van der Waals surface area contributed by atoms with Gasteiger partial charge in [-0.05, 0) is 12.3 Å². The van der Waals surface area contributed by atoms with E-state index in [-0.39, 0.29) is 0 Å². The summed E-state index contributed by atoms with van der Waals surface area (Å²) in [7, 11) is 0. The van der Waals surface area contributed by atoms with Crippen molar-refractivity contribution in [3.63, 3.8) is 0 Å².